The molecule has 10 heteroatoms. The minimum atomic E-state index is -0.758. The third-order valence-electron chi connectivity index (χ3n) is 3.78. The molecule has 0 aliphatic heterocycles. The summed E-state index contributed by atoms with van der Waals surface area (Å²) in [5.41, 5.74) is -0.405. The van der Waals surface area contributed by atoms with E-state index in [9.17, 15) is 25.0 Å². The van der Waals surface area contributed by atoms with E-state index in [1.807, 2.05) is 0 Å². The molecule has 0 saturated heterocycles. The largest absolute Gasteiger partial charge is 0.493 e. The van der Waals surface area contributed by atoms with Crippen molar-refractivity contribution < 1.29 is 24.1 Å². The standard InChI is InChI=1S/C17H17N3O7/c1-26-15-6-3-11(9-16(15)27-2)7-8-18-17(21)13-10-12(19(22)23)4-5-14(13)20(24)25/h3-6,9-10H,7-8H2,1-2H3,(H,18,21). The fourth-order valence-corrected chi connectivity index (χ4v) is 2.43. The Morgan fingerprint density at radius 1 is 1.00 bits per heavy atom. The average molecular weight is 375 g/mol. The zero-order valence-corrected chi connectivity index (χ0v) is 14.6. The number of nitrogens with zero attached hydrogens (tertiary/aromatic N) is 2. The second-order valence-electron chi connectivity index (χ2n) is 5.41. The Morgan fingerprint density at radius 2 is 1.70 bits per heavy atom. The monoisotopic (exact) mass is 375 g/mol. The van der Waals surface area contributed by atoms with Crippen molar-refractivity contribution in [1.29, 1.82) is 0 Å². The molecule has 0 heterocycles. The molecule has 1 amide bonds. The molecule has 0 fully saturated rings. The van der Waals surface area contributed by atoms with E-state index in [0.717, 1.165) is 23.8 Å². The van der Waals surface area contributed by atoms with Gasteiger partial charge in [0.2, 0.25) is 0 Å². The summed E-state index contributed by atoms with van der Waals surface area (Å²) >= 11 is 0. The summed E-state index contributed by atoms with van der Waals surface area (Å²) < 4.78 is 10.3. The maximum atomic E-state index is 12.3. The first kappa shape index (κ1) is 19.6. The smallest absolute Gasteiger partial charge is 0.282 e. The van der Waals surface area contributed by atoms with Gasteiger partial charge in [-0.15, -0.1) is 0 Å². The van der Waals surface area contributed by atoms with Gasteiger partial charge in [0.15, 0.2) is 11.5 Å². The zero-order chi connectivity index (χ0) is 20.0. The number of carbonyl (C=O) groups is 1. The molecule has 0 radical (unpaired) electrons. The number of nitro benzene ring substituents is 2. The average Bonchev–Trinajstić information content (AvgIpc) is 2.66. The van der Waals surface area contributed by atoms with Crippen LogP contribution < -0.4 is 14.8 Å². The van der Waals surface area contributed by atoms with Crippen molar-refractivity contribution in [3.63, 3.8) is 0 Å². The van der Waals surface area contributed by atoms with Crippen molar-refractivity contribution >= 4 is 17.3 Å². The van der Waals surface area contributed by atoms with Crippen LogP contribution in [0.25, 0.3) is 0 Å². The van der Waals surface area contributed by atoms with Gasteiger partial charge in [-0.25, -0.2) is 0 Å². The second kappa shape index (κ2) is 8.61. The molecular weight excluding hydrogens is 358 g/mol. The molecule has 2 rings (SSSR count). The molecule has 27 heavy (non-hydrogen) atoms. The molecule has 0 aromatic heterocycles. The molecule has 0 saturated carbocycles. The Bertz CT molecular complexity index is 883. The van der Waals surface area contributed by atoms with Crippen molar-refractivity contribution in [3.05, 3.63) is 67.8 Å². The lowest BCUT2D eigenvalue weighted by molar-refractivity contribution is -0.389. The summed E-state index contributed by atoms with van der Waals surface area (Å²) in [7, 11) is 3.02. The number of ether oxygens (including phenoxy) is 2. The van der Waals surface area contributed by atoms with Gasteiger partial charge in [-0.1, -0.05) is 6.07 Å². The Morgan fingerprint density at radius 3 is 2.30 bits per heavy atom. The molecule has 2 aromatic rings. The number of carbonyl (C=O) groups excluding carboxylic acids is 1. The first-order valence-electron chi connectivity index (χ1n) is 7.79. The van der Waals surface area contributed by atoms with Crippen LogP contribution in [0.15, 0.2) is 36.4 Å². The Hall–Kier alpha value is -3.69. The van der Waals surface area contributed by atoms with Gasteiger partial charge < -0.3 is 14.8 Å². The fraction of sp³-hybridized carbons (Fsp3) is 0.235. The topological polar surface area (TPSA) is 134 Å². The highest BCUT2D eigenvalue weighted by molar-refractivity contribution is 5.98. The minimum absolute atomic E-state index is 0.175. The molecular formula is C17H17N3O7. The van der Waals surface area contributed by atoms with Crippen molar-refractivity contribution in [2.24, 2.45) is 0 Å². The number of methoxy groups -OCH3 is 2. The Balaban J connectivity index is 2.11. The lowest BCUT2D eigenvalue weighted by atomic mass is 10.1. The number of amides is 1. The van der Waals surface area contributed by atoms with Gasteiger partial charge >= 0.3 is 0 Å². The third kappa shape index (κ3) is 4.69. The van der Waals surface area contributed by atoms with Gasteiger partial charge in [0.25, 0.3) is 17.3 Å². The number of non-ortho nitro benzene ring substituents is 1. The van der Waals surface area contributed by atoms with Gasteiger partial charge in [0.05, 0.1) is 24.1 Å². The summed E-state index contributed by atoms with van der Waals surface area (Å²) in [5.74, 6) is 0.346. The van der Waals surface area contributed by atoms with Gasteiger partial charge in [-0.2, -0.15) is 0 Å². The van der Waals surface area contributed by atoms with Crippen LogP contribution >= 0.6 is 0 Å². The maximum absolute atomic E-state index is 12.3. The first-order chi connectivity index (χ1) is 12.9. The number of rotatable bonds is 8. The summed E-state index contributed by atoms with van der Waals surface area (Å²) in [6, 6.07) is 8.09. The van der Waals surface area contributed by atoms with Crippen LogP contribution in [-0.4, -0.2) is 36.5 Å². The highest BCUT2D eigenvalue weighted by Gasteiger charge is 2.23. The van der Waals surface area contributed by atoms with Gasteiger partial charge in [0.1, 0.15) is 5.56 Å². The van der Waals surface area contributed by atoms with Gasteiger partial charge in [0, 0.05) is 24.7 Å². The zero-order valence-electron chi connectivity index (χ0n) is 14.6. The van der Waals surface area contributed by atoms with E-state index in [2.05, 4.69) is 5.32 Å². The van der Waals surface area contributed by atoms with E-state index in [0.29, 0.717) is 17.9 Å². The number of nitro groups is 2. The normalized spacial score (nSPS) is 10.1. The summed E-state index contributed by atoms with van der Waals surface area (Å²) in [6.07, 6.45) is 0.425. The van der Waals surface area contributed by atoms with E-state index in [1.165, 1.54) is 14.2 Å². The van der Waals surface area contributed by atoms with Crippen LogP contribution in [0.1, 0.15) is 15.9 Å². The van der Waals surface area contributed by atoms with E-state index >= 15 is 0 Å². The van der Waals surface area contributed by atoms with E-state index < -0.39 is 27.1 Å². The summed E-state index contributed by atoms with van der Waals surface area (Å²) in [5, 5.41) is 24.5. The predicted molar refractivity (Wildman–Crippen MR) is 95.3 cm³/mol. The van der Waals surface area contributed by atoms with Crippen LogP contribution in [0.4, 0.5) is 11.4 Å². The molecule has 1 N–H and O–H groups in total. The van der Waals surface area contributed by atoms with Crippen molar-refractivity contribution in [3.8, 4) is 11.5 Å². The summed E-state index contributed by atoms with van der Waals surface area (Å²) in [4.78, 5) is 32.7. The van der Waals surface area contributed by atoms with E-state index in [1.54, 1.807) is 18.2 Å². The SMILES string of the molecule is COc1ccc(CCNC(=O)c2cc([N+](=O)[O-])ccc2[N+](=O)[O-])cc1OC. The van der Waals surface area contributed by atoms with Crippen LogP contribution in [-0.2, 0) is 6.42 Å². The number of benzene rings is 2. The molecule has 2 aromatic carbocycles. The fourth-order valence-electron chi connectivity index (χ4n) is 2.43. The van der Waals surface area contributed by atoms with Crippen molar-refractivity contribution in [2.45, 2.75) is 6.42 Å². The lowest BCUT2D eigenvalue weighted by Crippen LogP contribution is -2.26. The predicted octanol–water partition coefficient (Wildman–Crippen LogP) is 2.49. The minimum Gasteiger partial charge on any atom is -0.493 e. The second-order valence-corrected chi connectivity index (χ2v) is 5.41. The highest BCUT2D eigenvalue weighted by Crippen LogP contribution is 2.28. The lowest BCUT2D eigenvalue weighted by Gasteiger charge is -2.10. The van der Waals surface area contributed by atoms with Crippen LogP contribution in [0.5, 0.6) is 11.5 Å². The molecule has 0 spiro atoms. The number of nitrogens with one attached hydrogen (secondary N) is 1. The molecule has 0 bridgehead atoms. The Kier molecular flexibility index (Phi) is 6.26. The van der Waals surface area contributed by atoms with Crippen LogP contribution in [0, 0.1) is 20.2 Å². The summed E-state index contributed by atoms with van der Waals surface area (Å²) in [6.45, 7) is 0.175. The van der Waals surface area contributed by atoms with Crippen LogP contribution in [0.2, 0.25) is 0 Å². The highest BCUT2D eigenvalue weighted by atomic mass is 16.6. The number of hydrogen-bond donors (Lipinski definition) is 1. The van der Waals surface area contributed by atoms with Crippen molar-refractivity contribution in [2.75, 3.05) is 20.8 Å². The number of hydrogen-bond acceptors (Lipinski definition) is 7. The molecule has 0 aliphatic carbocycles. The Labute approximate surface area is 154 Å². The molecule has 10 nitrogen and oxygen atoms in total. The molecule has 0 unspecified atom stereocenters. The van der Waals surface area contributed by atoms with Crippen LogP contribution in [0.3, 0.4) is 0 Å². The third-order valence-corrected chi connectivity index (χ3v) is 3.78. The van der Waals surface area contributed by atoms with Gasteiger partial charge in [-0.3, -0.25) is 25.0 Å². The first-order valence-corrected chi connectivity index (χ1v) is 7.79. The van der Waals surface area contributed by atoms with Gasteiger partial charge in [-0.05, 0) is 24.1 Å². The molecule has 0 atom stereocenters. The molecule has 142 valence electrons. The molecule has 0 aliphatic rings. The van der Waals surface area contributed by atoms with Crippen molar-refractivity contribution in [1.82, 2.24) is 5.32 Å². The quantitative estimate of drug-likeness (QED) is 0.553. The van der Waals surface area contributed by atoms with E-state index in [4.69, 9.17) is 9.47 Å². The van der Waals surface area contributed by atoms with E-state index in [-0.39, 0.29) is 12.1 Å². The maximum Gasteiger partial charge on any atom is 0.282 e.